The van der Waals surface area contributed by atoms with Crippen LogP contribution in [-0.4, -0.2) is 42.3 Å². The lowest BCUT2D eigenvalue weighted by Crippen LogP contribution is -2.34. The van der Waals surface area contributed by atoms with Crippen LogP contribution in [0, 0.1) is 0 Å². The Hall–Kier alpha value is -3.41. The smallest absolute Gasteiger partial charge is 0.338 e. The third-order valence-electron chi connectivity index (χ3n) is 5.25. The molecule has 1 aliphatic heterocycles. The average Bonchev–Trinajstić information content (AvgIpc) is 2.96. The number of nitrogens with zero attached hydrogens (tertiary/aromatic N) is 2. The highest BCUT2D eigenvalue weighted by molar-refractivity contribution is 6.05. The van der Waals surface area contributed by atoms with Crippen molar-refractivity contribution in [2.24, 2.45) is 10.7 Å². The van der Waals surface area contributed by atoms with E-state index < -0.39 is 0 Å². The zero-order chi connectivity index (χ0) is 23.1. The molecule has 1 heterocycles. The molecule has 0 bridgehead atoms. The fraction of sp³-hybridized carbons (Fsp3) is 0.346. The zero-order valence-corrected chi connectivity index (χ0v) is 19.1. The topological polar surface area (TPSA) is 85.0 Å². The largest absolute Gasteiger partial charge is 0.462 e. The van der Waals surface area contributed by atoms with Gasteiger partial charge >= 0.3 is 5.97 Å². The molecule has 1 aliphatic rings. The van der Waals surface area contributed by atoms with E-state index in [1.807, 2.05) is 47.4 Å². The van der Waals surface area contributed by atoms with Gasteiger partial charge in [-0.15, -0.1) is 0 Å². The predicted molar refractivity (Wildman–Crippen MR) is 129 cm³/mol. The van der Waals surface area contributed by atoms with Gasteiger partial charge in [-0.1, -0.05) is 38.1 Å². The molecule has 2 aromatic carbocycles. The molecule has 0 spiro atoms. The van der Waals surface area contributed by atoms with Crippen LogP contribution in [-0.2, 0) is 9.53 Å². The van der Waals surface area contributed by atoms with Gasteiger partial charge in [0, 0.05) is 30.6 Å². The molecule has 168 valence electrons. The third-order valence-corrected chi connectivity index (χ3v) is 5.25. The molecule has 6 nitrogen and oxygen atoms in total. The van der Waals surface area contributed by atoms with E-state index >= 15 is 0 Å². The Bertz CT molecular complexity index is 1050. The van der Waals surface area contributed by atoms with Crippen LogP contribution in [0.25, 0.3) is 17.2 Å². The van der Waals surface area contributed by atoms with Crippen LogP contribution in [0.15, 0.2) is 53.0 Å². The molecular formula is C26H31N3O3. The fourth-order valence-electron chi connectivity index (χ4n) is 3.81. The van der Waals surface area contributed by atoms with Crippen molar-refractivity contribution in [3.63, 3.8) is 0 Å². The maximum absolute atomic E-state index is 13.1. The monoisotopic (exact) mass is 433 g/mol. The summed E-state index contributed by atoms with van der Waals surface area (Å²) in [5.41, 5.74) is 10.7. The number of rotatable bonds is 8. The number of amides is 1. The Morgan fingerprint density at radius 3 is 2.44 bits per heavy atom. The van der Waals surface area contributed by atoms with E-state index in [1.165, 1.54) is 0 Å². The van der Waals surface area contributed by atoms with Gasteiger partial charge in [0.2, 0.25) is 5.91 Å². The molecule has 0 atom stereocenters. The number of fused-ring (bicyclic) bond motifs is 1. The molecular weight excluding hydrogens is 402 g/mol. The first-order valence-corrected chi connectivity index (χ1v) is 11.2. The van der Waals surface area contributed by atoms with Crippen molar-refractivity contribution < 1.29 is 14.3 Å². The second kappa shape index (κ2) is 10.8. The number of aliphatic imine (C=N–C) groups is 1. The molecule has 0 aliphatic carbocycles. The maximum Gasteiger partial charge on any atom is 0.338 e. The quantitative estimate of drug-likeness (QED) is 0.597. The molecule has 2 N–H and O–H groups in total. The van der Waals surface area contributed by atoms with Crippen LogP contribution in [0.4, 0.5) is 5.69 Å². The zero-order valence-electron chi connectivity index (χ0n) is 19.1. The van der Waals surface area contributed by atoms with Gasteiger partial charge in [-0.3, -0.25) is 4.79 Å². The summed E-state index contributed by atoms with van der Waals surface area (Å²) in [5.74, 6) is 0.0841. The first kappa shape index (κ1) is 23.3. The van der Waals surface area contributed by atoms with Gasteiger partial charge < -0.3 is 15.4 Å². The Kier molecular flexibility index (Phi) is 7.82. The van der Waals surface area contributed by atoms with Gasteiger partial charge in [-0.25, -0.2) is 9.79 Å². The molecule has 1 amide bonds. The van der Waals surface area contributed by atoms with Crippen LogP contribution in [0.3, 0.4) is 0 Å². The van der Waals surface area contributed by atoms with Crippen LogP contribution in [0.1, 0.15) is 56.0 Å². The van der Waals surface area contributed by atoms with Gasteiger partial charge in [0.25, 0.3) is 0 Å². The van der Waals surface area contributed by atoms with Gasteiger partial charge in [-0.2, -0.15) is 0 Å². The normalized spacial score (nSPS) is 12.8. The summed E-state index contributed by atoms with van der Waals surface area (Å²) in [6, 6.07) is 13.2. The molecule has 0 radical (unpaired) electrons. The second-order valence-electron chi connectivity index (χ2n) is 7.82. The summed E-state index contributed by atoms with van der Waals surface area (Å²) in [6.45, 7) is 7.71. The van der Waals surface area contributed by atoms with Gasteiger partial charge in [0.05, 0.1) is 17.9 Å². The van der Waals surface area contributed by atoms with E-state index in [9.17, 15) is 9.59 Å². The Morgan fingerprint density at radius 1 is 1.03 bits per heavy atom. The first-order chi connectivity index (χ1) is 15.5. The van der Waals surface area contributed by atoms with Crippen molar-refractivity contribution in [2.45, 2.75) is 40.0 Å². The first-order valence-electron chi connectivity index (χ1n) is 11.2. The average molecular weight is 434 g/mol. The molecule has 0 fully saturated rings. The van der Waals surface area contributed by atoms with Gasteiger partial charge in [0.15, 0.2) is 0 Å². The van der Waals surface area contributed by atoms with Crippen molar-refractivity contribution >= 4 is 29.5 Å². The molecule has 0 saturated heterocycles. The van der Waals surface area contributed by atoms with Crippen molar-refractivity contribution in [1.82, 2.24) is 4.90 Å². The lowest BCUT2D eigenvalue weighted by molar-refractivity contribution is -0.127. The number of carbonyl (C=O) groups excluding carboxylic acids is 2. The fourth-order valence-corrected chi connectivity index (χ4v) is 3.81. The number of esters is 1. The van der Waals surface area contributed by atoms with Crippen molar-refractivity contribution in [2.75, 3.05) is 19.7 Å². The van der Waals surface area contributed by atoms with Crippen molar-refractivity contribution in [3.05, 3.63) is 59.2 Å². The van der Waals surface area contributed by atoms with Crippen molar-refractivity contribution in [3.8, 4) is 11.1 Å². The summed E-state index contributed by atoms with van der Waals surface area (Å²) in [7, 11) is 0. The molecule has 3 rings (SSSR count). The van der Waals surface area contributed by atoms with Crippen LogP contribution in [0.5, 0.6) is 0 Å². The van der Waals surface area contributed by atoms with E-state index in [2.05, 4.69) is 18.8 Å². The lowest BCUT2D eigenvalue weighted by Gasteiger charge is -2.22. The number of nitrogens with two attached hydrogens (primary N) is 1. The minimum Gasteiger partial charge on any atom is -0.462 e. The number of hydrogen-bond donors (Lipinski definition) is 1. The van der Waals surface area contributed by atoms with Crippen LogP contribution >= 0.6 is 0 Å². The molecule has 0 saturated carbocycles. The lowest BCUT2D eigenvalue weighted by atomic mass is 9.99. The van der Waals surface area contributed by atoms with Crippen LogP contribution < -0.4 is 5.73 Å². The highest BCUT2D eigenvalue weighted by atomic mass is 16.5. The van der Waals surface area contributed by atoms with E-state index in [4.69, 9.17) is 10.5 Å². The minimum atomic E-state index is -0.346. The number of ether oxygens (including phenoxy) is 1. The van der Waals surface area contributed by atoms with Crippen molar-refractivity contribution in [1.29, 1.82) is 0 Å². The Labute approximate surface area is 189 Å². The highest BCUT2D eigenvalue weighted by Gasteiger charge is 2.21. The SMILES string of the molecule is CCCN(CCC)C(=O)C1=Cc2ccc(-c3cccc(C(=O)OCC)c3)cc2N=C(N)C1. The highest BCUT2D eigenvalue weighted by Crippen LogP contribution is 2.32. The minimum absolute atomic E-state index is 0.0194. The van der Waals surface area contributed by atoms with Gasteiger partial charge in [0.1, 0.15) is 5.84 Å². The van der Waals surface area contributed by atoms with Crippen LogP contribution in [0.2, 0.25) is 0 Å². The number of carbonyl (C=O) groups is 2. The summed E-state index contributed by atoms with van der Waals surface area (Å²) in [4.78, 5) is 31.7. The summed E-state index contributed by atoms with van der Waals surface area (Å²) < 4.78 is 5.11. The molecule has 32 heavy (non-hydrogen) atoms. The number of benzene rings is 2. The predicted octanol–water partition coefficient (Wildman–Crippen LogP) is 4.95. The summed E-state index contributed by atoms with van der Waals surface area (Å²) in [5, 5.41) is 0. The molecule has 0 unspecified atom stereocenters. The Balaban J connectivity index is 1.95. The summed E-state index contributed by atoms with van der Waals surface area (Å²) in [6.07, 6.45) is 4.05. The molecule has 2 aromatic rings. The Morgan fingerprint density at radius 2 is 1.75 bits per heavy atom. The third kappa shape index (κ3) is 5.44. The number of amidine groups is 1. The second-order valence-corrected chi connectivity index (χ2v) is 7.82. The molecule has 0 aromatic heterocycles. The maximum atomic E-state index is 13.1. The van der Waals surface area contributed by atoms with E-state index in [0.29, 0.717) is 35.7 Å². The van der Waals surface area contributed by atoms with Gasteiger partial charge in [-0.05, 0) is 55.2 Å². The van der Waals surface area contributed by atoms with E-state index in [-0.39, 0.29) is 11.9 Å². The van der Waals surface area contributed by atoms with E-state index in [0.717, 1.165) is 42.6 Å². The number of hydrogen-bond acceptors (Lipinski definition) is 5. The standard InChI is InChI=1S/C26H31N3O3/c1-4-12-29(13-5-2)25(30)22-15-20-11-10-19(16-23(20)28-24(27)17-22)18-8-7-9-21(14-18)26(31)32-6-3/h7-11,14-16H,4-6,12-13,17H2,1-3H3,(H2,27,28). The summed E-state index contributed by atoms with van der Waals surface area (Å²) >= 11 is 0. The molecule has 6 heteroatoms. The van der Waals surface area contributed by atoms with E-state index in [1.54, 1.807) is 13.0 Å².